The van der Waals surface area contributed by atoms with E-state index in [9.17, 15) is 9.90 Å². The van der Waals surface area contributed by atoms with Gasteiger partial charge in [-0.1, -0.05) is 0 Å². The van der Waals surface area contributed by atoms with E-state index < -0.39 is 0 Å². The fourth-order valence-corrected chi connectivity index (χ4v) is 2.86. The summed E-state index contributed by atoms with van der Waals surface area (Å²) in [6.45, 7) is 1.61. The zero-order chi connectivity index (χ0) is 14.7. The van der Waals surface area contributed by atoms with Crippen molar-refractivity contribution in [3.63, 3.8) is 0 Å². The molecular formula is C17H20N2O2. The first kappa shape index (κ1) is 13.9. The Labute approximate surface area is 124 Å². The first-order chi connectivity index (χ1) is 10.3. The van der Waals surface area contributed by atoms with Gasteiger partial charge in [0.15, 0.2) is 0 Å². The zero-order valence-corrected chi connectivity index (χ0v) is 12.0. The number of nitrogens with zero attached hydrogens (tertiary/aromatic N) is 2. The number of benzene rings is 1. The molecule has 2 heterocycles. The van der Waals surface area contributed by atoms with Crippen LogP contribution in [0.5, 0.6) is 0 Å². The molecule has 2 aromatic rings. The van der Waals surface area contributed by atoms with E-state index in [1.54, 1.807) is 0 Å². The van der Waals surface area contributed by atoms with Gasteiger partial charge in [-0.15, -0.1) is 0 Å². The van der Waals surface area contributed by atoms with Crippen LogP contribution >= 0.6 is 0 Å². The number of amides is 1. The highest BCUT2D eigenvalue weighted by Gasteiger charge is 2.23. The van der Waals surface area contributed by atoms with Crippen LogP contribution in [-0.2, 0) is 0 Å². The molecule has 3 rings (SSSR count). The molecule has 1 saturated heterocycles. The lowest BCUT2D eigenvalue weighted by molar-refractivity contribution is 0.0620. The van der Waals surface area contributed by atoms with E-state index in [1.807, 2.05) is 58.3 Å². The van der Waals surface area contributed by atoms with Crippen LogP contribution in [0.1, 0.15) is 23.2 Å². The smallest absolute Gasteiger partial charge is 0.253 e. The molecule has 1 amide bonds. The SMILES string of the molecule is O=C(c1ccc(-n2cccc2)cc1)N1CCCC(CO)C1. The Hall–Kier alpha value is -2.07. The summed E-state index contributed by atoms with van der Waals surface area (Å²) in [5.41, 5.74) is 1.76. The van der Waals surface area contributed by atoms with E-state index in [0.29, 0.717) is 12.1 Å². The first-order valence-corrected chi connectivity index (χ1v) is 7.41. The second kappa shape index (κ2) is 6.14. The fraction of sp³-hybridized carbons (Fsp3) is 0.353. The molecule has 1 fully saturated rings. The Morgan fingerprint density at radius 2 is 1.90 bits per heavy atom. The number of carbonyl (C=O) groups is 1. The van der Waals surface area contributed by atoms with Crippen LogP contribution in [-0.4, -0.2) is 40.2 Å². The van der Waals surface area contributed by atoms with Crippen molar-refractivity contribution in [2.75, 3.05) is 19.7 Å². The highest BCUT2D eigenvalue weighted by Crippen LogP contribution is 2.19. The summed E-state index contributed by atoms with van der Waals surface area (Å²) in [5.74, 6) is 0.286. The van der Waals surface area contributed by atoms with Crippen LogP contribution in [0.3, 0.4) is 0 Å². The van der Waals surface area contributed by atoms with Crippen molar-refractivity contribution in [3.05, 3.63) is 54.4 Å². The average Bonchev–Trinajstić information content (AvgIpc) is 3.09. The Balaban J connectivity index is 1.73. The highest BCUT2D eigenvalue weighted by molar-refractivity contribution is 5.94. The summed E-state index contributed by atoms with van der Waals surface area (Å²) in [7, 11) is 0. The second-order valence-corrected chi connectivity index (χ2v) is 5.58. The van der Waals surface area contributed by atoms with Gasteiger partial charge in [0.2, 0.25) is 0 Å². The van der Waals surface area contributed by atoms with Gasteiger partial charge < -0.3 is 14.6 Å². The number of carbonyl (C=O) groups excluding carboxylic acids is 1. The number of piperidine rings is 1. The van der Waals surface area contributed by atoms with Gasteiger partial charge >= 0.3 is 0 Å². The quantitative estimate of drug-likeness (QED) is 0.940. The molecule has 21 heavy (non-hydrogen) atoms. The monoisotopic (exact) mass is 284 g/mol. The van der Waals surface area contributed by atoms with E-state index in [-0.39, 0.29) is 18.4 Å². The standard InChI is InChI=1S/C17H20N2O2/c20-13-14-4-3-11-19(12-14)17(21)15-5-7-16(8-6-15)18-9-1-2-10-18/h1-2,5-10,14,20H,3-4,11-13H2. The van der Waals surface area contributed by atoms with Crippen molar-refractivity contribution in [2.24, 2.45) is 5.92 Å². The predicted octanol–water partition coefficient (Wildman–Crippen LogP) is 2.32. The van der Waals surface area contributed by atoms with Crippen LogP contribution in [0.4, 0.5) is 0 Å². The van der Waals surface area contributed by atoms with Gasteiger partial charge in [-0.3, -0.25) is 4.79 Å². The molecule has 0 bridgehead atoms. The Bertz CT molecular complexity index is 590. The Morgan fingerprint density at radius 1 is 1.19 bits per heavy atom. The van der Waals surface area contributed by atoms with E-state index in [4.69, 9.17) is 0 Å². The van der Waals surface area contributed by atoms with Gasteiger partial charge in [-0.2, -0.15) is 0 Å². The lowest BCUT2D eigenvalue weighted by atomic mass is 9.98. The largest absolute Gasteiger partial charge is 0.396 e. The van der Waals surface area contributed by atoms with Crippen molar-refractivity contribution in [1.82, 2.24) is 9.47 Å². The van der Waals surface area contributed by atoms with E-state index >= 15 is 0 Å². The normalized spacial score (nSPS) is 18.7. The number of hydrogen-bond acceptors (Lipinski definition) is 2. The summed E-state index contributed by atoms with van der Waals surface area (Å²) in [6.07, 6.45) is 5.94. The molecular weight excluding hydrogens is 264 g/mol. The van der Waals surface area contributed by atoms with Crippen LogP contribution in [0, 0.1) is 5.92 Å². The number of rotatable bonds is 3. The molecule has 0 radical (unpaired) electrons. The van der Waals surface area contributed by atoms with Crippen molar-refractivity contribution >= 4 is 5.91 Å². The zero-order valence-electron chi connectivity index (χ0n) is 12.0. The molecule has 4 heteroatoms. The summed E-state index contributed by atoms with van der Waals surface area (Å²) >= 11 is 0. The van der Waals surface area contributed by atoms with Gasteiger partial charge in [-0.25, -0.2) is 0 Å². The van der Waals surface area contributed by atoms with Crippen LogP contribution in [0.25, 0.3) is 5.69 Å². The minimum atomic E-state index is 0.0622. The lowest BCUT2D eigenvalue weighted by Crippen LogP contribution is -2.40. The molecule has 1 N–H and O–H groups in total. The summed E-state index contributed by atoms with van der Waals surface area (Å²) in [5, 5.41) is 9.26. The van der Waals surface area contributed by atoms with Crippen LogP contribution < -0.4 is 0 Å². The number of aromatic nitrogens is 1. The maximum Gasteiger partial charge on any atom is 0.253 e. The summed E-state index contributed by atoms with van der Waals surface area (Å²) < 4.78 is 2.01. The predicted molar refractivity (Wildman–Crippen MR) is 81.5 cm³/mol. The fourth-order valence-electron chi connectivity index (χ4n) is 2.86. The molecule has 1 aliphatic rings. The molecule has 1 atom stereocenters. The number of hydrogen-bond donors (Lipinski definition) is 1. The van der Waals surface area contributed by atoms with Gasteiger partial charge in [0.1, 0.15) is 0 Å². The van der Waals surface area contributed by atoms with Crippen molar-refractivity contribution < 1.29 is 9.90 Å². The molecule has 110 valence electrons. The number of aliphatic hydroxyl groups is 1. The lowest BCUT2D eigenvalue weighted by Gasteiger charge is -2.32. The molecule has 1 aromatic heterocycles. The molecule has 0 saturated carbocycles. The van der Waals surface area contributed by atoms with Crippen molar-refractivity contribution in [1.29, 1.82) is 0 Å². The maximum absolute atomic E-state index is 12.5. The van der Waals surface area contributed by atoms with E-state index in [0.717, 1.165) is 25.1 Å². The van der Waals surface area contributed by atoms with Gasteiger partial charge in [-0.05, 0) is 55.2 Å². The highest BCUT2D eigenvalue weighted by atomic mass is 16.3. The minimum Gasteiger partial charge on any atom is -0.396 e. The topological polar surface area (TPSA) is 45.5 Å². The van der Waals surface area contributed by atoms with Gasteiger partial charge in [0, 0.05) is 43.3 Å². The molecule has 1 aromatic carbocycles. The number of aliphatic hydroxyl groups excluding tert-OH is 1. The number of likely N-dealkylation sites (tertiary alicyclic amines) is 1. The van der Waals surface area contributed by atoms with E-state index in [2.05, 4.69) is 0 Å². The summed E-state index contributed by atoms with van der Waals surface area (Å²) in [4.78, 5) is 14.4. The third-order valence-corrected chi connectivity index (χ3v) is 4.08. The van der Waals surface area contributed by atoms with E-state index in [1.165, 1.54) is 0 Å². The Morgan fingerprint density at radius 3 is 2.57 bits per heavy atom. The third-order valence-electron chi connectivity index (χ3n) is 4.08. The van der Waals surface area contributed by atoms with Gasteiger partial charge in [0.25, 0.3) is 5.91 Å². The maximum atomic E-state index is 12.5. The molecule has 1 unspecified atom stereocenters. The average molecular weight is 284 g/mol. The second-order valence-electron chi connectivity index (χ2n) is 5.58. The van der Waals surface area contributed by atoms with Crippen molar-refractivity contribution in [2.45, 2.75) is 12.8 Å². The molecule has 1 aliphatic heterocycles. The van der Waals surface area contributed by atoms with Crippen LogP contribution in [0.2, 0.25) is 0 Å². The van der Waals surface area contributed by atoms with Gasteiger partial charge in [0.05, 0.1) is 0 Å². The molecule has 0 spiro atoms. The minimum absolute atomic E-state index is 0.0622. The van der Waals surface area contributed by atoms with Crippen molar-refractivity contribution in [3.8, 4) is 5.69 Å². The molecule has 4 nitrogen and oxygen atoms in total. The Kier molecular flexibility index (Phi) is 4.06. The third kappa shape index (κ3) is 3.00. The molecule has 0 aliphatic carbocycles. The first-order valence-electron chi connectivity index (χ1n) is 7.41. The summed E-state index contributed by atoms with van der Waals surface area (Å²) in [6, 6.07) is 11.6. The van der Waals surface area contributed by atoms with Crippen LogP contribution in [0.15, 0.2) is 48.8 Å².